The molecule has 10 aromatic carbocycles. The second-order valence-corrected chi connectivity index (χ2v) is 16.8. The maximum atomic E-state index is 2.48. The Labute approximate surface area is 367 Å². The van der Waals surface area contributed by atoms with Gasteiger partial charge < -0.3 is 9.47 Å². The van der Waals surface area contributed by atoms with E-state index in [2.05, 4.69) is 252 Å². The average Bonchev–Trinajstić information content (AvgIpc) is 3.97. The number of aromatic nitrogens is 1. The quantitative estimate of drug-likeness (QED) is 0.163. The van der Waals surface area contributed by atoms with Gasteiger partial charge in [-0.15, -0.1) is 0 Å². The van der Waals surface area contributed by atoms with Crippen LogP contribution in [0.1, 0.15) is 22.3 Å². The van der Waals surface area contributed by atoms with E-state index in [0.717, 1.165) is 28.3 Å². The highest BCUT2D eigenvalue weighted by atomic mass is 15.2. The molecule has 1 aromatic heterocycles. The van der Waals surface area contributed by atoms with E-state index in [-0.39, 0.29) is 5.41 Å². The molecule has 0 saturated heterocycles. The SMILES string of the molecule is c1ccc(-c2ccc(N(c3ccccc3-c3ccccc3)c3cccc4c3c3ccccc3n4-c3ccc4c(c3)-c3ccccc3C43c4ccccc4-c4ccccc43)cc2)cc1. The Morgan fingerprint density at radius 1 is 0.317 bits per heavy atom. The number of nitrogens with zero attached hydrogens (tertiary/aromatic N) is 2. The molecule has 0 atom stereocenters. The monoisotopic (exact) mass is 800 g/mol. The van der Waals surface area contributed by atoms with Gasteiger partial charge in [0.25, 0.3) is 0 Å². The zero-order valence-electron chi connectivity index (χ0n) is 34.5. The fraction of sp³-hybridized carbons (Fsp3) is 0.0164. The van der Waals surface area contributed by atoms with E-state index < -0.39 is 0 Å². The van der Waals surface area contributed by atoms with Crippen LogP contribution in [-0.2, 0) is 5.41 Å². The Balaban J connectivity index is 1.05. The van der Waals surface area contributed by atoms with Gasteiger partial charge in [-0.2, -0.15) is 0 Å². The summed E-state index contributed by atoms with van der Waals surface area (Å²) in [6.07, 6.45) is 0. The smallest absolute Gasteiger partial charge is 0.0725 e. The first kappa shape index (κ1) is 35.5. The van der Waals surface area contributed by atoms with Crippen LogP contribution >= 0.6 is 0 Å². The van der Waals surface area contributed by atoms with Crippen molar-refractivity contribution < 1.29 is 0 Å². The van der Waals surface area contributed by atoms with E-state index in [0.29, 0.717) is 0 Å². The minimum atomic E-state index is -0.381. The van der Waals surface area contributed by atoms with E-state index in [1.54, 1.807) is 0 Å². The lowest BCUT2D eigenvalue weighted by Crippen LogP contribution is -2.25. The molecule has 0 N–H and O–H groups in total. The van der Waals surface area contributed by atoms with Gasteiger partial charge in [-0.3, -0.25) is 0 Å². The van der Waals surface area contributed by atoms with Gasteiger partial charge in [0.1, 0.15) is 0 Å². The van der Waals surface area contributed by atoms with Crippen molar-refractivity contribution in [2.75, 3.05) is 4.90 Å². The molecule has 2 nitrogen and oxygen atoms in total. The van der Waals surface area contributed by atoms with Gasteiger partial charge in [0.05, 0.1) is 27.8 Å². The molecule has 0 unspecified atom stereocenters. The van der Waals surface area contributed by atoms with Crippen molar-refractivity contribution in [3.63, 3.8) is 0 Å². The number of anilines is 3. The largest absolute Gasteiger partial charge is 0.309 e. The third kappa shape index (κ3) is 5.13. The molecule has 0 radical (unpaired) electrons. The predicted molar refractivity (Wildman–Crippen MR) is 263 cm³/mol. The van der Waals surface area contributed by atoms with E-state index in [1.807, 2.05) is 0 Å². The van der Waals surface area contributed by atoms with Crippen LogP contribution in [0.4, 0.5) is 17.1 Å². The number of fused-ring (bicyclic) bond motifs is 13. The van der Waals surface area contributed by atoms with Crippen LogP contribution in [0.2, 0.25) is 0 Å². The van der Waals surface area contributed by atoms with Crippen molar-refractivity contribution in [2.45, 2.75) is 5.41 Å². The van der Waals surface area contributed by atoms with Gasteiger partial charge in [-0.25, -0.2) is 0 Å². The predicted octanol–water partition coefficient (Wildman–Crippen LogP) is 15.9. The van der Waals surface area contributed by atoms with Crippen LogP contribution in [0.3, 0.4) is 0 Å². The van der Waals surface area contributed by atoms with E-state index in [9.17, 15) is 0 Å². The first-order valence-electron chi connectivity index (χ1n) is 21.9. The highest BCUT2D eigenvalue weighted by Crippen LogP contribution is 2.63. The lowest BCUT2D eigenvalue weighted by molar-refractivity contribution is 0.793. The summed E-state index contributed by atoms with van der Waals surface area (Å²) >= 11 is 0. The van der Waals surface area contributed by atoms with Crippen molar-refractivity contribution in [3.8, 4) is 50.2 Å². The highest BCUT2D eigenvalue weighted by Gasteiger charge is 2.51. The van der Waals surface area contributed by atoms with Crippen molar-refractivity contribution in [1.82, 2.24) is 4.57 Å². The molecule has 11 aromatic rings. The maximum Gasteiger partial charge on any atom is 0.0725 e. The summed E-state index contributed by atoms with van der Waals surface area (Å²) in [5, 5.41) is 2.42. The number of benzene rings is 10. The molecule has 63 heavy (non-hydrogen) atoms. The number of hydrogen-bond donors (Lipinski definition) is 0. The van der Waals surface area contributed by atoms with Crippen LogP contribution in [0.15, 0.2) is 243 Å². The van der Waals surface area contributed by atoms with Gasteiger partial charge in [0.15, 0.2) is 0 Å². The average molecular weight is 801 g/mol. The van der Waals surface area contributed by atoms with Crippen molar-refractivity contribution in [3.05, 3.63) is 265 Å². The Bertz CT molecular complexity index is 3520. The molecule has 0 saturated carbocycles. The van der Waals surface area contributed by atoms with Gasteiger partial charge in [0.2, 0.25) is 0 Å². The molecule has 2 aliphatic carbocycles. The van der Waals surface area contributed by atoms with E-state index in [1.165, 1.54) is 83.1 Å². The molecule has 0 aliphatic heterocycles. The standard InChI is InChI=1S/C61H40N2/c1-3-18-41(19-4-1)42-34-36-44(37-35-42)62(56-30-15-10-22-46(56)43-20-5-2-6-21-43)58-32-17-33-59-60(58)50-26-11-16-31-57(50)63(59)45-38-39-55-51(40-45)49-25-9-14-29-54(49)61(55)52-27-12-7-23-47(52)48-24-8-13-28-53(48)61/h1-40H. The van der Waals surface area contributed by atoms with Gasteiger partial charge in [-0.05, 0) is 110 Å². The van der Waals surface area contributed by atoms with Crippen LogP contribution in [0.25, 0.3) is 72.0 Å². The summed E-state index contributed by atoms with van der Waals surface area (Å²) in [4.78, 5) is 2.47. The molecule has 294 valence electrons. The lowest BCUT2D eigenvalue weighted by Gasteiger charge is -2.30. The van der Waals surface area contributed by atoms with Gasteiger partial charge in [0, 0.05) is 27.7 Å². The molecule has 0 fully saturated rings. The summed E-state index contributed by atoms with van der Waals surface area (Å²) in [5.41, 5.74) is 21.8. The van der Waals surface area contributed by atoms with Crippen molar-refractivity contribution >= 4 is 38.9 Å². The van der Waals surface area contributed by atoms with Gasteiger partial charge >= 0.3 is 0 Å². The molecular formula is C61H40N2. The summed E-state index contributed by atoms with van der Waals surface area (Å²) in [6.45, 7) is 0. The van der Waals surface area contributed by atoms with Crippen molar-refractivity contribution in [2.24, 2.45) is 0 Å². The van der Waals surface area contributed by atoms with E-state index >= 15 is 0 Å². The number of para-hydroxylation sites is 2. The van der Waals surface area contributed by atoms with Crippen LogP contribution in [-0.4, -0.2) is 4.57 Å². The van der Waals surface area contributed by atoms with Crippen LogP contribution in [0.5, 0.6) is 0 Å². The number of rotatable bonds is 6. The number of hydrogen-bond acceptors (Lipinski definition) is 1. The second kappa shape index (κ2) is 13.9. The normalized spacial score (nSPS) is 12.9. The zero-order chi connectivity index (χ0) is 41.5. The Morgan fingerprint density at radius 3 is 1.49 bits per heavy atom. The zero-order valence-corrected chi connectivity index (χ0v) is 34.5. The molecule has 1 spiro atoms. The van der Waals surface area contributed by atoms with E-state index in [4.69, 9.17) is 0 Å². The molecule has 13 rings (SSSR count). The Kier molecular flexibility index (Phi) is 7.85. The highest BCUT2D eigenvalue weighted by molar-refractivity contribution is 6.17. The molecular weight excluding hydrogens is 761 g/mol. The van der Waals surface area contributed by atoms with Crippen molar-refractivity contribution in [1.29, 1.82) is 0 Å². The summed E-state index contributed by atoms with van der Waals surface area (Å²) < 4.78 is 2.48. The third-order valence-corrected chi connectivity index (χ3v) is 13.6. The third-order valence-electron chi connectivity index (χ3n) is 13.6. The maximum absolute atomic E-state index is 2.48. The van der Waals surface area contributed by atoms with Gasteiger partial charge in [-0.1, -0.05) is 194 Å². The van der Waals surface area contributed by atoms with Crippen LogP contribution in [0, 0.1) is 0 Å². The minimum Gasteiger partial charge on any atom is -0.309 e. The Hall–Kier alpha value is -8.20. The fourth-order valence-electron chi connectivity index (χ4n) is 11.1. The first-order chi connectivity index (χ1) is 31.3. The summed E-state index contributed by atoms with van der Waals surface area (Å²) in [5.74, 6) is 0. The summed E-state index contributed by atoms with van der Waals surface area (Å²) in [7, 11) is 0. The minimum absolute atomic E-state index is 0.381. The lowest BCUT2D eigenvalue weighted by atomic mass is 9.70. The fourth-order valence-corrected chi connectivity index (χ4v) is 11.1. The second-order valence-electron chi connectivity index (χ2n) is 16.8. The molecule has 2 heteroatoms. The summed E-state index contributed by atoms with van der Waals surface area (Å²) in [6, 6.07) is 89.4. The molecule has 0 bridgehead atoms. The molecule has 0 amide bonds. The topological polar surface area (TPSA) is 8.17 Å². The Morgan fingerprint density at radius 2 is 0.810 bits per heavy atom. The first-order valence-corrected chi connectivity index (χ1v) is 21.9. The van der Waals surface area contributed by atoms with Crippen LogP contribution < -0.4 is 4.90 Å². The molecule has 1 heterocycles. The molecule has 2 aliphatic rings.